The van der Waals surface area contributed by atoms with Gasteiger partial charge in [0.25, 0.3) is 0 Å². The van der Waals surface area contributed by atoms with Crippen molar-refractivity contribution in [2.24, 2.45) is 11.7 Å². The normalized spacial score (nSPS) is 12.8. The number of benzene rings is 1. The molecule has 2 aromatic rings. The third-order valence-electron chi connectivity index (χ3n) is 3.13. The van der Waals surface area contributed by atoms with Crippen LogP contribution in [0.2, 0.25) is 0 Å². The summed E-state index contributed by atoms with van der Waals surface area (Å²) in [5, 5.41) is 1.28. The molecule has 0 saturated heterocycles. The van der Waals surface area contributed by atoms with Crippen LogP contribution in [0.25, 0.3) is 10.9 Å². The molecule has 1 amide bonds. The lowest BCUT2D eigenvalue weighted by Gasteiger charge is -2.09. The van der Waals surface area contributed by atoms with Gasteiger partial charge in [-0.3, -0.25) is 4.79 Å². The second-order valence-electron chi connectivity index (χ2n) is 4.67. The van der Waals surface area contributed by atoms with E-state index in [0.29, 0.717) is 12.3 Å². The number of aromatic nitrogens is 1. The summed E-state index contributed by atoms with van der Waals surface area (Å²) in [5.74, 6) is 0.262. The Bertz CT molecular complexity index is 516. The van der Waals surface area contributed by atoms with E-state index in [-0.39, 0.29) is 5.91 Å². The highest BCUT2D eigenvalue weighted by molar-refractivity contribution is 5.83. The maximum Gasteiger partial charge on any atom is 0.217 e. The van der Waals surface area contributed by atoms with Crippen molar-refractivity contribution >= 4 is 16.8 Å². The van der Waals surface area contributed by atoms with Crippen LogP contribution in [0.1, 0.15) is 25.3 Å². The average Bonchev–Trinajstić information content (AvgIpc) is 2.70. The molecular weight excluding hydrogens is 212 g/mol. The summed E-state index contributed by atoms with van der Waals surface area (Å²) >= 11 is 0. The molecule has 0 radical (unpaired) electrons. The molecule has 0 aliphatic rings. The van der Waals surface area contributed by atoms with Crippen molar-refractivity contribution in [2.75, 3.05) is 0 Å². The van der Waals surface area contributed by atoms with Crippen LogP contribution in [0.3, 0.4) is 0 Å². The first kappa shape index (κ1) is 11.7. The zero-order valence-corrected chi connectivity index (χ0v) is 10.1. The lowest BCUT2D eigenvalue weighted by atomic mass is 9.96. The molecule has 0 spiro atoms. The summed E-state index contributed by atoms with van der Waals surface area (Å²) in [6.07, 6.45) is 4.38. The van der Waals surface area contributed by atoms with Gasteiger partial charge in [-0.1, -0.05) is 25.1 Å². The highest BCUT2D eigenvalue weighted by Gasteiger charge is 2.09. The molecule has 17 heavy (non-hydrogen) atoms. The van der Waals surface area contributed by atoms with E-state index in [1.54, 1.807) is 0 Å². The van der Waals surface area contributed by atoms with Crippen molar-refractivity contribution in [3.05, 3.63) is 36.0 Å². The lowest BCUT2D eigenvalue weighted by molar-refractivity contribution is -0.118. The van der Waals surface area contributed by atoms with Gasteiger partial charge in [-0.05, 0) is 30.4 Å². The zero-order valence-electron chi connectivity index (χ0n) is 10.1. The second kappa shape index (κ2) is 5.04. The average molecular weight is 230 g/mol. The molecular formula is C14H18N2O. The van der Waals surface area contributed by atoms with Gasteiger partial charge in [0.15, 0.2) is 0 Å². The number of aromatic amines is 1. The van der Waals surface area contributed by atoms with Crippen LogP contribution < -0.4 is 5.73 Å². The van der Waals surface area contributed by atoms with Gasteiger partial charge in [-0.2, -0.15) is 0 Å². The summed E-state index contributed by atoms with van der Waals surface area (Å²) in [7, 11) is 0. The Balaban J connectivity index is 2.05. The van der Waals surface area contributed by atoms with Crippen LogP contribution >= 0.6 is 0 Å². The topological polar surface area (TPSA) is 58.9 Å². The van der Waals surface area contributed by atoms with Crippen LogP contribution in [0.5, 0.6) is 0 Å². The Hall–Kier alpha value is -1.77. The fraction of sp³-hybridized carbons (Fsp3) is 0.357. The molecule has 2 rings (SSSR count). The summed E-state index contributed by atoms with van der Waals surface area (Å²) in [4.78, 5) is 14.0. The number of para-hydroxylation sites is 1. The van der Waals surface area contributed by atoms with Crippen molar-refractivity contribution in [3.63, 3.8) is 0 Å². The molecule has 90 valence electrons. The smallest absolute Gasteiger partial charge is 0.217 e. The predicted octanol–water partition coefficient (Wildman–Crippen LogP) is 2.61. The first-order valence-electron chi connectivity index (χ1n) is 6.00. The van der Waals surface area contributed by atoms with Crippen molar-refractivity contribution in [2.45, 2.75) is 26.2 Å². The van der Waals surface area contributed by atoms with E-state index in [4.69, 9.17) is 5.73 Å². The number of carbonyl (C=O) groups excluding carboxylic acids is 1. The summed E-state index contributed by atoms with van der Waals surface area (Å²) < 4.78 is 0. The van der Waals surface area contributed by atoms with Gasteiger partial charge in [0.1, 0.15) is 0 Å². The Morgan fingerprint density at radius 1 is 1.41 bits per heavy atom. The number of fused-ring (bicyclic) bond motifs is 1. The third-order valence-corrected chi connectivity index (χ3v) is 3.13. The Labute approximate surface area is 101 Å². The van der Waals surface area contributed by atoms with E-state index in [2.05, 4.69) is 30.2 Å². The number of nitrogens with one attached hydrogen (secondary N) is 1. The lowest BCUT2D eigenvalue weighted by Crippen LogP contribution is -2.12. The van der Waals surface area contributed by atoms with Crippen molar-refractivity contribution < 1.29 is 4.79 Å². The molecule has 0 saturated carbocycles. The van der Waals surface area contributed by atoms with Gasteiger partial charge < -0.3 is 10.7 Å². The van der Waals surface area contributed by atoms with Crippen LogP contribution in [0.4, 0.5) is 0 Å². The van der Waals surface area contributed by atoms with E-state index in [9.17, 15) is 4.79 Å². The molecule has 3 N–H and O–H groups in total. The van der Waals surface area contributed by atoms with E-state index in [1.165, 1.54) is 16.5 Å². The van der Waals surface area contributed by atoms with Gasteiger partial charge in [0.2, 0.25) is 5.91 Å². The van der Waals surface area contributed by atoms with Crippen molar-refractivity contribution in [3.8, 4) is 0 Å². The van der Waals surface area contributed by atoms with Crippen molar-refractivity contribution in [1.82, 2.24) is 4.98 Å². The number of rotatable bonds is 5. The molecule has 0 aliphatic heterocycles. The molecule has 1 aromatic carbocycles. The van der Waals surface area contributed by atoms with E-state index in [0.717, 1.165) is 12.8 Å². The Morgan fingerprint density at radius 3 is 2.94 bits per heavy atom. The molecule has 1 aromatic heterocycles. The number of H-pyrrole nitrogens is 1. The largest absolute Gasteiger partial charge is 0.370 e. The number of carbonyl (C=O) groups is 1. The van der Waals surface area contributed by atoms with E-state index < -0.39 is 0 Å². The van der Waals surface area contributed by atoms with Gasteiger partial charge in [0.05, 0.1) is 0 Å². The van der Waals surface area contributed by atoms with Crippen LogP contribution in [0.15, 0.2) is 30.5 Å². The second-order valence-corrected chi connectivity index (χ2v) is 4.67. The van der Waals surface area contributed by atoms with Crippen molar-refractivity contribution in [1.29, 1.82) is 0 Å². The van der Waals surface area contributed by atoms with Crippen LogP contribution in [0, 0.1) is 5.92 Å². The minimum absolute atomic E-state index is 0.212. The summed E-state index contributed by atoms with van der Waals surface area (Å²) in [6.45, 7) is 2.16. The van der Waals surface area contributed by atoms with Gasteiger partial charge in [-0.15, -0.1) is 0 Å². The Morgan fingerprint density at radius 2 is 2.18 bits per heavy atom. The highest BCUT2D eigenvalue weighted by atomic mass is 16.1. The van der Waals surface area contributed by atoms with Crippen LogP contribution in [-0.4, -0.2) is 10.9 Å². The Kier molecular flexibility index (Phi) is 3.47. The fourth-order valence-electron chi connectivity index (χ4n) is 2.17. The predicted molar refractivity (Wildman–Crippen MR) is 69.6 cm³/mol. The minimum Gasteiger partial charge on any atom is -0.370 e. The number of hydrogen-bond acceptors (Lipinski definition) is 1. The summed E-state index contributed by atoms with van der Waals surface area (Å²) in [6, 6.07) is 8.28. The molecule has 0 aliphatic carbocycles. The third kappa shape index (κ3) is 2.87. The summed E-state index contributed by atoms with van der Waals surface area (Å²) in [5.41, 5.74) is 7.65. The molecule has 0 fully saturated rings. The SMILES string of the molecule is CC(CCC(N)=O)Cc1c[nH]c2ccccc12. The highest BCUT2D eigenvalue weighted by Crippen LogP contribution is 2.22. The maximum absolute atomic E-state index is 10.7. The molecule has 1 atom stereocenters. The molecule has 1 unspecified atom stereocenters. The number of amides is 1. The number of nitrogens with two attached hydrogens (primary N) is 1. The monoisotopic (exact) mass is 230 g/mol. The minimum atomic E-state index is -0.212. The number of primary amides is 1. The van der Waals surface area contributed by atoms with Gasteiger partial charge >= 0.3 is 0 Å². The molecule has 0 bridgehead atoms. The molecule has 3 heteroatoms. The zero-order chi connectivity index (χ0) is 12.3. The maximum atomic E-state index is 10.7. The standard InChI is InChI=1S/C14H18N2O/c1-10(6-7-14(15)17)8-11-9-16-13-5-3-2-4-12(11)13/h2-5,9-10,16H,6-8H2,1H3,(H2,15,17). The van der Waals surface area contributed by atoms with Crippen LogP contribution in [-0.2, 0) is 11.2 Å². The fourth-order valence-corrected chi connectivity index (χ4v) is 2.17. The van der Waals surface area contributed by atoms with Gasteiger partial charge in [0, 0.05) is 23.5 Å². The molecule has 1 heterocycles. The van der Waals surface area contributed by atoms with E-state index in [1.807, 2.05) is 12.1 Å². The quantitative estimate of drug-likeness (QED) is 0.815. The first-order chi connectivity index (χ1) is 8.16. The van der Waals surface area contributed by atoms with E-state index >= 15 is 0 Å². The number of hydrogen-bond donors (Lipinski definition) is 2. The molecule has 3 nitrogen and oxygen atoms in total. The first-order valence-corrected chi connectivity index (χ1v) is 6.00. The van der Waals surface area contributed by atoms with Gasteiger partial charge in [-0.25, -0.2) is 0 Å².